The van der Waals surface area contributed by atoms with Gasteiger partial charge in [-0.1, -0.05) is 26.0 Å². The van der Waals surface area contributed by atoms with E-state index in [9.17, 15) is 9.90 Å². The Morgan fingerprint density at radius 3 is 2.28 bits per heavy atom. The highest BCUT2D eigenvalue weighted by molar-refractivity contribution is 5.81. The first-order chi connectivity index (χ1) is 12.0. The number of benzene rings is 1. The van der Waals surface area contributed by atoms with Gasteiger partial charge in [0.15, 0.2) is 0 Å². The summed E-state index contributed by atoms with van der Waals surface area (Å²) in [5, 5.41) is 10.0. The Bertz CT molecular complexity index is 588. The maximum atomic E-state index is 12.9. The normalized spacial score (nSPS) is 26.5. The second kappa shape index (κ2) is 7.65. The highest BCUT2D eigenvalue weighted by Crippen LogP contribution is 2.28. The predicted molar refractivity (Wildman–Crippen MR) is 101 cm³/mol. The molecule has 138 valence electrons. The number of rotatable bonds is 3. The van der Waals surface area contributed by atoms with Gasteiger partial charge in [0, 0.05) is 39.3 Å². The minimum absolute atomic E-state index is 0.0657. The summed E-state index contributed by atoms with van der Waals surface area (Å²) in [7, 11) is 0. The summed E-state index contributed by atoms with van der Waals surface area (Å²) in [5.41, 5.74) is 0.889. The van der Waals surface area contributed by atoms with Gasteiger partial charge in [0.25, 0.3) is 0 Å². The van der Waals surface area contributed by atoms with E-state index in [1.54, 1.807) is 6.07 Å². The first-order valence-corrected chi connectivity index (χ1v) is 9.51. The van der Waals surface area contributed by atoms with Crippen molar-refractivity contribution in [3.05, 3.63) is 24.3 Å². The van der Waals surface area contributed by atoms with E-state index in [0.29, 0.717) is 17.6 Å². The van der Waals surface area contributed by atoms with Gasteiger partial charge in [-0.15, -0.1) is 0 Å². The fourth-order valence-corrected chi connectivity index (χ4v) is 4.34. The Labute approximate surface area is 151 Å². The zero-order valence-corrected chi connectivity index (χ0v) is 15.7. The van der Waals surface area contributed by atoms with Crippen LogP contribution >= 0.6 is 0 Å². The minimum Gasteiger partial charge on any atom is -0.506 e. The molecule has 1 N–H and O–H groups in total. The number of hydrogen-bond donors (Lipinski definition) is 1. The standard InChI is InChI=1S/C20H31N3O2/c1-15-12-16(2)14-23(13-15)20(25)17(3)21-8-10-22(11-9-21)18-6-4-5-7-19(18)24/h4-7,15-17,24H,8-14H2,1-3H3/t15-,16-,17-/m1/s1. The quantitative estimate of drug-likeness (QED) is 0.914. The van der Waals surface area contributed by atoms with Crippen molar-refractivity contribution in [3.63, 3.8) is 0 Å². The van der Waals surface area contributed by atoms with Crippen LogP contribution in [0.15, 0.2) is 24.3 Å². The van der Waals surface area contributed by atoms with Crippen molar-refractivity contribution in [1.29, 1.82) is 0 Å². The van der Waals surface area contributed by atoms with Crippen molar-refractivity contribution in [3.8, 4) is 5.75 Å². The number of carbonyl (C=O) groups is 1. The molecule has 0 spiro atoms. The van der Waals surface area contributed by atoms with E-state index in [4.69, 9.17) is 0 Å². The molecule has 2 fully saturated rings. The lowest BCUT2D eigenvalue weighted by molar-refractivity contribution is -0.139. The van der Waals surface area contributed by atoms with Gasteiger partial charge in [0.1, 0.15) is 5.75 Å². The molecule has 0 bridgehead atoms. The zero-order valence-electron chi connectivity index (χ0n) is 15.7. The Morgan fingerprint density at radius 1 is 1.08 bits per heavy atom. The van der Waals surface area contributed by atoms with Crippen LogP contribution < -0.4 is 4.90 Å². The Morgan fingerprint density at radius 2 is 1.68 bits per heavy atom. The second-order valence-electron chi connectivity index (χ2n) is 7.88. The van der Waals surface area contributed by atoms with E-state index in [1.807, 2.05) is 25.1 Å². The predicted octanol–water partition coefficient (Wildman–Crippen LogP) is 2.41. The maximum absolute atomic E-state index is 12.9. The van der Waals surface area contributed by atoms with Crippen LogP contribution in [0.4, 0.5) is 5.69 Å². The number of piperidine rings is 1. The van der Waals surface area contributed by atoms with Gasteiger partial charge in [-0.2, -0.15) is 0 Å². The molecule has 0 unspecified atom stereocenters. The molecule has 1 aromatic rings. The summed E-state index contributed by atoms with van der Waals surface area (Å²) >= 11 is 0. The Balaban J connectivity index is 1.57. The summed E-state index contributed by atoms with van der Waals surface area (Å²) < 4.78 is 0. The molecule has 5 nitrogen and oxygen atoms in total. The van der Waals surface area contributed by atoms with Gasteiger partial charge in [0.05, 0.1) is 11.7 Å². The molecule has 0 radical (unpaired) electrons. The Hall–Kier alpha value is -1.75. The van der Waals surface area contributed by atoms with Crippen molar-refractivity contribution < 1.29 is 9.90 Å². The summed E-state index contributed by atoms with van der Waals surface area (Å²) in [4.78, 5) is 19.5. The summed E-state index contributed by atoms with van der Waals surface area (Å²) in [6.45, 7) is 11.7. The lowest BCUT2D eigenvalue weighted by atomic mass is 9.91. The number of piperazine rings is 1. The number of aromatic hydroxyl groups is 1. The molecule has 0 aliphatic carbocycles. The van der Waals surface area contributed by atoms with Gasteiger partial charge in [-0.05, 0) is 37.3 Å². The molecular weight excluding hydrogens is 314 g/mol. The van der Waals surface area contributed by atoms with E-state index in [-0.39, 0.29) is 11.9 Å². The number of likely N-dealkylation sites (tertiary alicyclic amines) is 1. The number of phenolic OH excluding ortho intramolecular Hbond substituents is 1. The third kappa shape index (κ3) is 4.09. The fraction of sp³-hybridized carbons (Fsp3) is 0.650. The smallest absolute Gasteiger partial charge is 0.239 e. The Kier molecular flexibility index (Phi) is 5.52. The van der Waals surface area contributed by atoms with Crippen LogP contribution in [-0.2, 0) is 4.79 Å². The third-order valence-corrected chi connectivity index (χ3v) is 5.62. The molecule has 2 heterocycles. The largest absolute Gasteiger partial charge is 0.506 e. The second-order valence-corrected chi connectivity index (χ2v) is 7.88. The lowest BCUT2D eigenvalue weighted by Gasteiger charge is -2.42. The molecule has 1 aromatic carbocycles. The maximum Gasteiger partial charge on any atom is 0.239 e. The van der Waals surface area contributed by atoms with Crippen molar-refractivity contribution in [2.75, 3.05) is 44.2 Å². The van der Waals surface area contributed by atoms with Crippen molar-refractivity contribution in [1.82, 2.24) is 9.80 Å². The molecule has 0 saturated carbocycles. The third-order valence-electron chi connectivity index (χ3n) is 5.62. The average molecular weight is 345 g/mol. The van der Waals surface area contributed by atoms with Crippen LogP contribution in [0.5, 0.6) is 5.75 Å². The van der Waals surface area contributed by atoms with E-state index in [0.717, 1.165) is 45.0 Å². The number of phenols is 1. The number of nitrogens with zero attached hydrogens (tertiary/aromatic N) is 3. The number of anilines is 1. The van der Waals surface area contributed by atoms with Crippen molar-refractivity contribution >= 4 is 11.6 Å². The number of para-hydroxylation sites is 2. The molecule has 2 saturated heterocycles. The molecule has 2 aliphatic rings. The van der Waals surface area contributed by atoms with Crippen molar-refractivity contribution in [2.45, 2.75) is 33.2 Å². The van der Waals surface area contributed by atoms with E-state index in [1.165, 1.54) is 6.42 Å². The van der Waals surface area contributed by atoms with Gasteiger partial charge in [0.2, 0.25) is 5.91 Å². The van der Waals surface area contributed by atoms with Crippen LogP contribution in [0.1, 0.15) is 27.2 Å². The molecule has 3 atom stereocenters. The van der Waals surface area contributed by atoms with Crippen LogP contribution in [0.3, 0.4) is 0 Å². The zero-order chi connectivity index (χ0) is 18.0. The van der Waals surface area contributed by atoms with Gasteiger partial charge >= 0.3 is 0 Å². The van der Waals surface area contributed by atoms with Crippen LogP contribution in [-0.4, -0.2) is 66.1 Å². The van der Waals surface area contributed by atoms with Gasteiger partial charge in [-0.25, -0.2) is 0 Å². The number of carbonyl (C=O) groups excluding carboxylic acids is 1. The van der Waals surface area contributed by atoms with Crippen molar-refractivity contribution in [2.24, 2.45) is 11.8 Å². The molecule has 0 aromatic heterocycles. The van der Waals surface area contributed by atoms with Crippen LogP contribution in [0.25, 0.3) is 0 Å². The molecular formula is C20H31N3O2. The molecule has 1 amide bonds. The first-order valence-electron chi connectivity index (χ1n) is 9.51. The highest BCUT2D eigenvalue weighted by atomic mass is 16.3. The molecule has 25 heavy (non-hydrogen) atoms. The SMILES string of the molecule is C[C@@H]1C[C@@H](C)CN(C(=O)[C@@H](C)N2CCN(c3ccccc3O)CC2)C1. The van der Waals surface area contributed by atoms with Crippen LogP contribution in [0.2, 0.25) is 0 Å². The molecule has 3 rings (SSSR count). The number of amides is 1. The van der Waals surface area contributed by atoms with E-state index in [2.05, 4.69) is 28.5 Å². The summed E-state index contributed by atoms with van der Waals surface area (Å²) in [5.74, 6) is 1.79. The summed E-state index contributed by atoms with van der Waals surface area (Å²) in [6.07, 6.45) is 1.22. The molecule has 2 aliphatic heterocycles. The van der Waals surface area contributed by atoms with Crippen LogP contribution in [0, 0.1) is 11.8 Å². The lowest BCUT2D eigenvalue weighted by Crippen LogP contribution is -2.56. The summed E-state index contributed by atoms with van der Waals surface area (Å²) in [6, 6.07) is 7.41. The molecule has 5 heteroatoms. The van der Waals surface area contributed by atoms with Gasteiger partial charge in [-0.3, -0.25) is 9.69 Å². The fourth-order valence-electron chi connectivity index (χ4n) is 4.34. The minimum atomic E-state index is -0.0657. The first kappa shape index (κ1) is 18.1. The van der Waals surface area contributed by atoms with E-state index >= 15 is 0 Å². The van der Waals surface area contributed by atoms with E-state index < -0.39 is 0 Å². The number of hydrogen-bond acceptors (Lipinski definition) is 4. The average Bonchev–Trinajstić information content (AvgIpc) is 2.60. The monoisotopic (exact) mass is 345 g/mol. The van der Waals surface area contributed by atoms with Gasteiger partial charge < -0.3 is 14.9 Å². The highest BCUT2D eigenvalue weighted by Gasteiger charge is 2.32. The topological polar surface area (TPSA) is 47.0 Å².